The minimum absolute atomic E-state index is 0.0713. The number of imidazole rings is 1. The highest BCUT2D eigenvalue weighted by Gasteiger charge is 2.43. The summed E-state index contributed by atoms with van der Waals surface area (Å²) in [6.07, 6.45) is 6.61. The van der Waals surface area contributed by atoms with E-state index < -0.39 is 6.09 Å². The minimum atomic E-state index is -0.397. The van der Waals surface area contributed by atoms with Crippen LogP contribution in [0, 0.1) is 0 Å². The van der Waals surface area contributed by atoms with E-state index in [1.807, 2.05) is 6.07 Å². The zero-order valence-corrected chi connectivity index (χ0v) is 24.3. The highest BCUT2D eigenvalue weighted by molar-refractivity contribution is 9.11. The number of thiazole rings is 1. The van der Waals surface area contributed by atoms with E-state index in [1.165, 1.54) is 11.1 Å². The highest BCUT2D eigenvalue weighted by atomic mass is 79.9. The summed E-state index contributed by atoms with van der Waals surface area (Å²) >= 11 is 5.43. The first-order chi connectivity index (χ1) is 18.1. The van der Waals surface area contributed by atoms with E-state index in [0.717, 1.165) is 57.4 Å². The molecule has 11 heteroatoms. The molecule has 9 nitrogen and oxygen atoms in total. The number of hydrogen-bond acceptors (Lipinski definition) is 8. The molecule has 1 aliphatic carbocycles. The lowest BCUT2D eigenvalue weighted by molar-refractivity contribution is 0.0867. The first-order valence-corrected chi connectivity index (χ1v) is 14.5. The van der Waals surface area contributed by atoms with Crippen molar-refractivity contribution >= 4 is 44.5 Å². The summed E-state index contributed by atoms with van der Waals surface area (Å²) in [4.78, 5) is 43.6. The van der Waals surface area contributed by atoms with Crippen molar-refractivity contribution in [3.05, 3.63) is 51.0 Å². The Morgan fingerprint density at radius 2 is 1.92 bits per heavy atom. The second kappa shape index (κ2) is 9.37. The third-order valence-electron chi connectivity index (χ3n) is 7.43. The second-order valence-corrected chi connectivity index (χ2v) is 13.8. The summed E-state index contributed by atoms with van der Waals surface area (Å²) < 4.78 is 2.32. The number of fused-ring (bicyclic) bond motifs is 1. The molecule has 0 N–H and O–H groups in total. The van der Waals surface area contributed by atoms with Crippen molar-refractivity contribution in [3.63, 3.8) is 0 Å². The molecule has 0 unspecified atom stereocenters. The number of carbonyl (C=O) groups is 1. The highest BCUT2D eigenvalue weighted by Crippen LogP contribution is 2.47. The molecule has 0 spiro atoms. The van der Waals surface area contributed by atoms with Gasteiger partial charge in [0.15, 0.2) is 5.65 Å². The molecule has 1 saturated heterocycles. The predicted molar refractivity (Wildman–Crippen MR) is 149 cm³/mol. The molecule has 0 radical (unpaired) electrons. The van der Waals surface area contributed by atoms with Gasteiger partial charge in [-0.15, -0.1) is 16.1 Å². The van der Waals surface area contributed by atoms with Crippen molar-refractivity contribution in [2.24, 2.45) is 0 Å². The molecule has 2 fully saturated rings. The molecule has 4 aromatic rings. The Labute approximate surface area is 233 Å². The molecule has 5 heterocycles. The number of amides is 1. The van der Waals surface area contributed by atoms with Crippen LogP contribution in [0.4, 0.5) is 4.79 Å². The van der Waals surface area contributed by atoms with Gasteiger partial charge >= 0.3 is 6.09 Å². The normalized spacial score (nSPS) is 17.7. The standard InChI is InChI=1S/C27H30BrN7O2S/c1-26(2,3)19-14-18(31-24(32-19)27(4)9-10-27)20-21(28)38-23(33-20)16-7-12-34(13-8-16)25(36)37-35-15-30-17-6-5-11-29-22(17)35/h5-6,11,14-16H,7-10,12-13H2,1-4H3. The molecule has 4 aromatic heterocycles. The van der Waals surface area contributed by atoms with E-state index >= 15 is 0 Å². The monoisotopic (exact) mass is 595 g/mol. The van der Waals surface area contributed by atoms with Crippen LogP contribution in [0.3, 0.4) is 0 Å². The van der Waals surface area contributed by atoms with E-state index in [1.54, 1.807) is 28.5 Å². The number of nitrogens with zero attached hydrogens (tertiary/aromatic N) is 7. The van der Waals surface area contributed by atoms with Crippen molar-refractivity contribution in [3.8, 4) is 11.4 Å². The number of aromatic nitrogens is 6. The summed E-state index contributed by atoms with van der Waals surface area (Å²) in [5.41, 5.74) is 4.00. The van der Waals surface area contributed by atoms with Crippen LogP contribution in [0.2, 0.25) is 0 Å². The van der Waals surface area contributed by atoms with Crippen LogP contribution in [0.5, 0.6) is 0 Å². The SMILES string of the molecule is CC(C)(C)c1cc(-c2nc(C3CCN(C(=O)On4cnc5cccnc54)CC3)sc2Br)nc(C2(C)CC2)n1. The number of carbonyl (C=O) groups excluding carboxylic acids is 1. The second-order valence-electron chi connectivity index (χ2n) is 11.5. The van der Waals surface area contributed by atoms with Gasteiger partial charge in [-0.2, -0.15) is 0 Å². The molecule has 2 aliphatic rings. The molecule has 1 aliphatic heterocycles. The van der Waals surface area contributed by atoms with Gasteiger partial charge in [0, 0.05) is 36.0 Å². The topological polar surface area (TPSA) is 98.9 Å². The molecule has 0 bridgehead atoms. The Morgan fingerprint density at radius 1 is 1.16 bits per heavy atom. The maximum atomic E-state index is 12.8. The largest absolute Gasteiger partial charge is 0.434 e. The quantitative estimate of drug-likeness (QED) is 0.290. The maximum absolute atomic E-state index is 12.8. The van der Waals surface area contributed by atoms with Crippen molar-refractivity contribution < 1.29 is 9.63 Å². The van der Waals surface area contributed by atoms with Crippen molar-refractivity contribution in [2.45, 2.75) is 70.1 Å². The first-order valence-electron chi connectivity index (χ1n) is 12.9. The lowest BCUT2D eigenvalue weighted by Gasteiger charge is -2.30. The van der Waals surface area contributed by atoms with Gasteiger partial charge in [-0.25, -0.2) is 29.7 Å². The molecular weight excluding hydrogens is 566 g/mol. The van der Waals surface area contributed by atoms with Crippen molar-refractivity contribution in [2.75, 3.05) is 13.1 Å². The van der Waals surface area contributed by atoms with E-state index in [2.05, 4.69) is 59.7 Å². The smallest absolute Gasteiger partial charge is 0.314 e. The average Bonchev–Trinajstić information content (AvgIpc) is 3.35. The van der Waals surface area contributed by atoms with Gasteiger partial charge in [0.05, 0.1) is 20.2 Å². The average molecular weight is 597 g/mol. The third-order valence-corrected chi connectivity index (χ3v) is 9.30. The number of likely N-dealkylation sites (tertiary alicyclic amines) is 1. The van der Waals surface area contributed by atoms with Crippen LogP contribution >= 0.6 is 27.3 Å². The van der Waals surface area contributed by atoms with Crippen LogP contribution in [0.15, 0.2) is 34.5 Å². The fraction of sp³-hybridized carbons (Fsp3) is 0.481. The maximum Gasteiger partial charge on any atom is 0.434 e. The van der Waals surface area contributed by atoms with Gasteiger partial charge in [-0.05, 0) is 59.8 Å². The number of hydrogen-bond donors (Lipinski definition) is 0. The fourth-order valence-electron chi connectivity index (χ4n) is 4.63. The zero-order valence-electron chi connectivity index (χ0n) is 21.9. The lowest BCUT2D eigenvalue weighted by atomic mass is 9.91. The molecule has 1 amide bonds. The molecule has 198 valence electrons. The summed E-state index contributed by atoms with van der Waals surface area (Å²) in [7, 11) is 0. The van der Waals surface area contributed by atoms with Gasteiger partial charge < -0.3 is 9.74 Å². The summed E-state index contributed by atoms with van der Waals surface area (Å²) in [5.74, 6) is 1.20. The van der Waals surface area contributed by atoms with Gasteiger partial charge in [-0.1, -0.05) is 27.7 Å². The van der Waals surface area contributed by atoms with Crippen LogP contribution in [-0.2, 0) is 10.8 Å². The molecular formula is C27H30BrN7O2S. The molecule has 0 aromatic carbocycles. The summed E-state index contributed by atoms with van der Waals surface area (Å²) in [6, 6.07) is 5.72. The van der Waals surface area contributed by atoms with E-state index in [-0.39, 0.29) is 16.7 Å². The molecule has 6 rings (SSSR count). The Bertz CT molecular complexity index is 1490. The zero-order chi connectivity index (χ0) is 26.7. The third kappa shape index (κ3) is 4.82. The summed E-state index contributed by atoms with van der Waals surface area (Å²) in [5, 5.41) is 1.07. The van der Waals surface area contributed by atoms with Crippen LogP contribution in [-0.4, -0.2) is 53.7 Å². The van der Waals surface area contributed by atoms with Crippen LogP contribution in [0.1, 0.15) is 75.8 Å². The number of halogens is 1. The number of rotatable bonds is 4. The molecule has 0 atom stereocenters. The first kappa shape index (κ1) is 25.4. The van der Waals surface area contributed by atoms with Crippen LogP contribution < -0.4 is 4.84 Å². The fourth-order valence-corrected chi connectivity index (χ4v) is 6.39. The Hall–Kier alpha value is -2.92. The van der Waals surface area contributed by atoms with Gasteiger partial charge in [-0.3, -0.25) is 0 Å². The van der Waals surface area contributed by atoms with E-state index in [0.29, 0.717) is 24.3 Å². The Kier molecular flexibility index (Phi) is 6.26. The van der Waals surface area contributed by atoms with E-state index in [4.69, 9.17) is 19.8 Å². The lowest BCUT2D eigenvalue weighted by Crippen LogP contribution is -2.41. The summed E-state index contributed by atoms with van der Waals surface area (Å²) in [6.45, 7) is 9.99. The van der Waals surface area contributed by atoms with Crippen molar-refractivity contribution in [1.29, 1.82) is 0 Å². The van der Waals surface area contributed by atoms with Crippen molar-refractivity contribution in [1.82, 2.24) is 34.6 Å². The van der Waals surface area contributed by atoms with Gasteiger partial charge in [0.2, 0.25) is 0 Å². The van der Waals surface area contributed by atoms with E-state index in [9.17, 15) is 4.79 Å². The van der Waals surface area contributed by atoms with Crippen LogP contribution in [0.25, 0.3) is 22.6 Å². The number of piperidine rings is 1. The Balaban J connectivity index is 1.17. The minimum Gasteiger partial charge on any atom is -0.314 e. The van der Waals surface area contributed by atoms with Gasteiger partial charge in [0.1, 0.15) is 23.4 Å². The number of pyridine rings is 1. The Morgan fingerprint density at radius 3 is 2.63 bits per heavy atom. The molecule has 38 heavy (non-hydrogen) atoms. The van der Waals surface area contributed by atoms with Gasteiger partial charge in [0.25, 0.3) is 0 Å². The predicted octanol–water partition coefficient (Wildman–Crippen LogP) is 5.88. The molecule has 1 saturated carbocycles.